The van der Waals surface area contributed by atoms with Gasteiger partial charge < -0.3 is 11.1 Å². The van der Waals surface area contributed by atoms with Crippen molar-refractivity contribution in [1.29, 1.82) is 0 Å². The molecule has 1 aromatic carbocycles. The lowest BCUT2D eigenvalue weighted by Crippen LogP contribution is -2.07. The molecular formula is C19H15FN2O. The molecule has 1 amide bonds. The molecule has 1 atom stereocenters. The molecule has 0 saturated carbocycles. The van der Waals surface area contributed by atoms with Crippen molar-refractivity contribution in [3.63, 3.8) is 0 Å². The lowest BCUT2D eigenvalue weighted by molar-refractivity contribution is -0.110. The molecule has 2 aliphatic carbocycles. The first-order valence-corrected chi connectivity index (χ1v) is 7.51. The number of allylic oxidation sites excluding steroid dienone is 8. The average Bonchev–Trinajstić information content (AvgIpc) is 2.86. The van der Waals surface area contributed by atoms with Gasteiger partial charge in [-0.25, -0.2) is 4.39 Å². The maximum Gasteiger partial charge on any atom is 0.256 e. The molecule has 1 heterocycles. The summed E-state index contributed by atoms with van der Waals surface area (Å²) in [5.74, 6) is -0.444. The first-order valence-electron chi connectivity index (χ1n) is 7.51. The Morgan fingerprint density at radius 2 is 2.17 bits per heavy atom. The molecule has 1 aromatic rings. The highest BCUT2D eigenvalue weighted by molar-refractivity contribution is 6.31. The zero-order valence-corrected chi connectivity index (χ0v) is 12.3. The van der Waals surface area contributed by atoms with E-state index in [0.29, 0.717) is 22.5 Å². The summed E-state index contributed by atoms with van der Waals surface area (Å²) in [7, 11) is 0. The van der Waals surface area contributed by atoms with E-state index in [-0.39, 0.29) is 17.6 Å². The summed E-state index contributed by atoms with van der Waals surface area (Å²) >= 11 is 0. The molecule has 0 saturated heterocycles. The van der Waals surface area contributed by atoms with Crippen LogP contribution >= 0.6 is 0 Å². The van der Waals surface area contributed by atoms with Crippen LogP contribution in [0.15, 0.2) is 71.5 Å². The Hall–Kier alpha value is -2.88. The molecule has 3 nitrogen and oxygen atoms in total. The molecule has 3 N–H and O–H groups in total. The summed E-state index contributed by atoms with van der Waals surface area (Å²) in [5.41, 5.74) is 10.6. The molecule has 1 unspecified atom stereocenters. The lowest BCUT2D eigenvalue weighted by Gasteiger charge is -2.13. The second kappa shape index (κ2) is 5.09. The topological polar surface area (TPSA) is 55.1 Å². The molecule has 23 heavy (non-hydrogen) atoms. The largest absolute Gasteiger partial charge is 0.398 e. The molecular weight excluding hydrogens is 291 g/mol. The molecule has 4 heteroatoms. The number of anilines is 1. The molecule has 114 valence electrons. The van der Waals surface area contributed by atoms with E-state index >= 15 is 0 Å². The summed E-state index contributed by atoms with van der Waals surface area (Å²) in [6.45, 7) is 0. The van der Waals surface area contributed by atoms with E-state index in [1.807, 2.05) is 24.3 Å². The summed E-state index contributed by atoms with van der Waals surface area (Å²) < 4.78 is 13.5. The first-order chi connectivity index (χ1) is 11.1. The van der Waals surface area contributed by atoms with Crippen molar-refractivity contribution in [2.45, 2.75) is 6.42 Å². The van der Waals surface area contributed by atoms with Crippen molar-refractivity contribution in [2.75, 3.05) is 5.32 Å². The molecule has 0 fully saturated rings. The van der Waals surface area contributed by atoms with Gasteiger partial charge >= 0.3 is 0 Å². The van der Waals surface area contributed by atoms with Crippen LogP contribution in [0.4, 0.5) is 10.1 Å². The number of carbonyl (C=O) groups is 1. The van der Waals surface area contributed by atoms with Crippen molar-refractivity contribution >= 4 is 17.2 Å². The summed E-state index contributed by atoms with van der Waals surface area (Å²) in [6, 6.07) is 4.30. The van der Waals surface area contributed by atoms with Gasteiger partial charge in [0.2, 0.25) is 0 Å². The fourth-order valence-corrected chi connectivity index (χ4v) is 3.27. The highest BCUT2D eigenvalue weighted by Gasteiger charge is 2.29. The third kappa shape index (κ3) is 2.23. The van der Waals surface area contributed by atoms with Gasteiger partial charge in [0.25, 0.3) is 5.91 Å². The highest BCUT2D eigenvalue weighted by atomic mass is 19.1. The fraction of sp³-hybridized carbons (Fsp3) is 0.105. The van der Waals surface area contributed by atoms with E-state index in [2.05, 4.69) is 11.4 Å². The molecule has 3 aliphatic rings. The van der Waals surface area contributed by atoms with Crippen LogP contribution < -0.4 is 11.1 Å². The molecule has 1 aliphatic heterocycles. The molecule has 0 aromatic heterocycles. The molecule has 4 rings (SSSR count). The number of nitrogens with two attached hydrogens (primary N) is 1. The maximum absolute atomic E-state index is 13.5. The third-order valence-electron chi connectivity index (χ3n) is 4.41. The minimum absolute atomic E-state index is 0.142. The fourth-order valence-electron chi connectivity index (χ4n) is 3.27. The van der Waals surface area contributed by atoms with Gasteiger partial charge in [0, 0.05) is 28.4 Å². The van der Waals surface area contributed by atoms with Crippen LogP contribution in [-0.4, -0.2) is 5.91 Å². The second-order valence-electron chi connectivity index (χ2n) is 5.83. The van der Waals surface area contributed by atoms with Gasteiger partial charge in [-0.2, -0.15) is 0 Å². The smallest absolute Gasteiger partial charge is 0.256 e. The number of carbonyl (C=O) groups excluding carboxylic acids is 1. The van der Waals surface area contributed by atoms with Crippen LogP contribution in [0.2, 0.25) is 0 Å². The lowest BCUT2D eigenvalue weighted by atomic mass is 9.90. The normalized spacial score (nSPS) is 23.7. The van der Waals surface area contributed by atoms with Crippen molar-refractivity contribution in [3.05, 3.63) is 82.9 Å². The number of rotatable bonds is 1. The van der Waals surface area contributed by atoms with Crippen LogP contribution in [0.5, 0.6) is 0 Å². The predicted molar refractivity (Wildman–Crippen MR) is 88.7 cm³/mol. The summed E-state index contributed by atoms with van der Waals surface area (Å²) in [5, 5.41) is 2.77. The van der Waals surface area contributed by atoms with Crippen LogP contribution in [0, 0.1) is 11.7 Å². The van der Waals surface area contributed by atoms with Gasteiger partial charge in [0.05, 0.1) is 0 Å². The molecule has 0 bridgehead atoms. The Morgan fingerprint density at radius 3 is 3.04 bits per heavy atom. The van der Waals surface area contributed by atoms with E-state index in [9.17, 15) is 9.18 Å². The zero-order valence-electron chi connectivity index (χ0n) is 12.3. The quantitative estimate of drug-likeness (QED) is 0.781. The summed E-state index contributed by atoms with van der Waals surface area (Å²) in [4.78, 5) is 12.3. The van der Waals surface area contributed by atoms with E-state index in [1.165, 1.54) is 12.1 Å². The number of nitrogens with one attached hydrogen (secondary N) is 1. The minimum Gasteiger partial charge on any atom is -0.398 e. The van der Waals surface area contributed by atoms with E-state index in [0.717, 1.165) is 17.6 Å². The standard InChI is InChI=1S/C19H15FN2O/c20-12-6-7-18-15(9-12)16(19(23)22-18)10-14-13-5-3-1-2-4-11(13)8-17(14)21/h1-4,6-10,13H,5,21H2,(H,22,23). The van der Waals surface area contributed by atoms with Crippen LogP contribution in [0.25, 0.3) is 5.57 Å². The van der Waals surface area contributed by atoms with Gasteiger partial charge in [-0.15, -0.1) is 0 Å². The van der Waals surface area contributed by atoms with Crippen molar-refractivity contribution in [2.24, 2.45) is 11.7 Å². The second-order valence-corrected chi connectivity index (χ2v) is 5.83. The van der Waals surface area contributed by atoms with Crippen LogP contribution in [0.3, 0.4) is 0 Å². The Labute approximate surface area is 133 Å². The monoisotopic (exact) mass is 306 g/mol. The van der Waals surface area contributed by atoms with Crippen LogP contribution in [0.1, 0.15) is 12.0 Å². The number of amides is 1. The van der Waals surface area contributed by atoms with Gasteiger partial charge in [0.1, 0.15) is 5.82 Å². The van der Waals surface area contributed by atoms with Crippen molar-refractivity contribution in [1.82, 2.24) is 0 Å². The highest BCUT2D eigenvalue weighted by Crippen LogP contribution is 2.39. The number of hydrogen-bond donors (Lipinski definition) is 2. The number of hydrogen-bond acceptors (Lipinski definition) is 2. The van der Waals surface area contributed by atoms with E-state index in [4.69, 9.17) is 5.73 Å². The van der Waals surface area contributed by atoms with Crippen LogP contribution in [-0.2, 0) is 4.79 Å². The first kappa shape index (κ1) is 13.8. The maximum atomic E-state index is 13.5. The van der Waals surface area contributed by atoms with E-state index in [1.54, 1.807) is 12.1 Å². The van der Waals surface area contributed by atoms with Crippen molar-refractivity contribution < 1.29 is 9.18 Å². The number of halogens is 1. The molecule has 0 radical (unpaired) electrons. The van der Waals surface area contributed by atoms with Gasteiger partial charge in [0.15, 0.2) is 0 Å². The Bertz CT molecular complexity index is 871. The average molecular weight is 306 g/mol. The zero-order chi connectivity index (χ0) is 16.0. The third-order valence-corrected chi connectivity index (χ3v) is 4.41. The Balaban J connectivity index is 1.78. The van der Waals surface area contributed by atoms with E-state index < -0.39 is 0 Å². The Kier molecular flexibility index (Phi) is 3.05. The summed E-state index contributed by atoms with van der Waals surface area (Å²) in [6.07, 6.45) is 12.7. The number of fused-ring (bicyclic) bond motifs is 2. The predicted octanol–water partition coefficient (Wildman–Crippen LogP) is 3.45. The number of benzene rings is 1. The van der Waals surface area contributed by atoms with Gasteiger partial charge in [-0.1, -0.05) is 24.3 Å². The SMILES string of the molecule is NC1=C(C=C2C(=O)Nc3ccc(F)cc32)C2CC=CC=CC2=C1. The van der Waals surface area contributed by atoms with Gasteiger partial charge in [-0.3, -0.25) is 4.79 Å². The molecule has 0 spiro atoms. The van der Waals surface area contributed by atoms with Gasteiger partial charge in [-0.05, 0) is 47.9 Å². The Morgan fingerprint density at radius 1 is 1.30 bits per heavy atom. The van der Waals surface area contributed by atoms with Crippen molar-refractivity contribution in [3.8, 4) is 0 Å². The minimum atomic E-state index is -0.362.